The smallest absolute Gasteiger partial charge is 0.280 e. The lowest BCUT2D eigenvalue weighted by molar-refractivity contribution is -0.384. The number of halogens is 1. The summed E-state index contributed by atoms with van der Waals surface area (Å²) in [5, 5.41) is 14.7. The Kier molecular flexibility index (Phi) is 7.70. The first-order valence-electron chi connectivity index (χ1n) is 11.5. The highest BCUT2D eigenvalue weighted by atomic mass is 35.5. The molecule has 3 aromatic rings. The van der Waals surface area contributed by atoms with E-state index >= 15 is 0 Å². The van der Waals surface area contributed by atoms with Crippen molar-refractivity contribution in [1.82, 2.24) is 4.90 Å². The molecule has 186 valence electrons. The van der Waals surface area contributed by atoms with E-state index in [9.17, 15) is 19.7 Å². The highest BCUT2D eigenvalue weighted by Crippen LogP contribution is 2.35. The molecule has 0 spiro atoms. The van der Waals surface area contributed by atoms with E-state index in [1.165, 1.54) is 18.2 Å². The van der Waals surface area contributed by atoms with Gasteiger partial charge in [-0.2, -0.15) is 0 Å². The molecule has 4 rings (SSSR count). The molecule has 2 heterocycles. The number of carbonyl (C=O) groups is 2. The Balaban J connectivity index is 1.45. The summed E-state index contributed by atoms with van der Waals surface area (Å²) < 4.78 is 5.70. The lowest BCUT2D eigenvalue weighted by Crippen LogP contribution is -2.48. The summed E-state index contributed by atoms with van der Waals surface area (Å²) in [6.45, 7) is 4.24. The number of benzene rings is 2. The van der Waals surface area contributed by atoms with Crippen molar-refractivity contribution in [3.05, 3.63) is 81.6 Å². The zero-order valence-corrected chi connectivity index (χ0v) is 20.4. The second-order valence-corrected chi connectivity index (χ2v) is 8.56. The van der Waals surface area contributed by atoms with E-state index in [-0.39, 0.29) is 17.5 Å². The van der Waals surface area contributed by atoms with Crippen molar-refractivity contribution < 1.29 is 18.9 Å². The van der Waals surface area contributed by atoms with E-state index < -0.39 is 4.92 Å². The molecule has 1 fully saturated rings. The maximum absolute atomic E-state index is 12.7. The van der Waals surface area contributed by atoms with Crippen LogP contribution in [-0.4, -0.2) is 47.8 Å². The van der Waals surface area contributed by atoms with Crippen LogP contribution in [0, 0.1) is 10.1 Å². The van der Waals surface area contributed by atoms with Crippen LogP contribution in [0.3, 0.4) is 0 Å². The standard InChI is InChI=1S/C26H25ClN4O5/c1-2-25(33)29-14-16-30(17-15-29)26-20(27)7-5-8-21(26)28-24(32)13-11-18-10-12-23(36-18)19-6-3-4-9-22(19)31(34)35/h3-13H,2,14-17H2,1H3,(H,28,32)/b13-11+. The van der Waals surface area contributed by atoms with Gasteiger partial charge in [-0.1, -0.05) is 36.7 Å². The summed E-state index contributed by atoms with van der Waals surface area (Å²) in [6, 6.07) is 14.8. The van der Waals surface area contributed by atoms with E-state index in [1.54, 1.807) is 48.5 Å². The summed E-state index contributed by atoms with van der Waals surface area (Å²) in [7, 11) is 0. The van der Waals surface area contributed by atoms with Crippen LogP contribution in [0.25, 0.3) is 17.4 Å². The molecule has 0 bridgehead atoms. The number of carbonyl (C=O) groups excluding carboxylic acids is 2. The molecular formula is C26H25ClN4O5. The fourth-order valence-corrected chi connectivity index (χ4v) is 4.40. The third-order valence-corrected chi connectivity index (χ3v) is 6.19. The zero-order chi connectivity index (χ0) is 25.7. The Morgan fingerprint density at radius 1 is 1.08 bits per heavy atom. The quantitative estimate of drug-likeness (QED) is 0.266. The number of nitrogens with zero attached hydrogens (tertiary/aromatic N) is 3. The van der Waals surface area contributed by atoms with Crippen LogP contribution in [-0.2, 0) is 9.59 Å². The molecule has 0 aliphatic carbocycles. The number of rotatable bonds is 7. The maximum atomic E-state index is 12.7. The van der Waals surface area contributed by atoms with E-state index in [0.717, 1.165) is 0 Å². The van der Waals surface area contributed by atoms with E-state index in [2.05, 4.69) is 10.2 Å². The van der Waals surface area contributed by atoms with Gasteiger partial charge in [-0.05, 0) is 36.4 Å². The topological polar surface area (TPSA) is 109 Å². The lowest BCUT2D eigenvalue weighted by Gasteiger charge is -2.37. The third kappa shape index (κ3) is 5.58. The van der Waals surface area contributed by atoms with Crippen molar-refractivity contribution >= 4 is 46.6 Å². The van der Waals surface area contributed by atoms with Crippen LogP contribution >= 0.6 is 11.6 Å². The summed E-state index contributed by atoms with van der Waals surface area (Å²) in [5.41, 5.74) is 1.57. The van der Waals surface area contributed by atoms with Gasteiger partial charge in [0.25, 0.3) is 5.69 Å². The normalized spacial score (nSPS) is 13.7. The SMILES string of the molecule is CCC(=O)N1CCN(c2c(Cl)cccc2NC(=O)/C=C/c2ccc(-c3ccccc3[N+](=O)[O-])o2)CC1. The molecule has 36 heavy (non-hydrogen) atoms. The first-order chi connectivity index (χ1) is 17.4. The number of amides is 2. The minimum Gasteiger partial charge on any atom is -0.456 e. The van der Waals surface area contributed by atoms with Gasteiger partial charge in [0.15, 0.2) is 0 Å². The van der Waals surface area contributed by atoms with Crippen LogP contribution in [0.1, 0.15) is 19.1 Å². The first kappa shape index (κ1) is 25.0. The van der Waals surface area contributed by atoms with Crippen LogP contribution in [0.5, 0.6) is 0 Å². The van der Waals surface area contributed by atoms with Crippen LogP contribution < -0.4 is 10.2 Å². The van der Waals surface area contributed by atoms with Crippen molar-refractivity contribution in [1.29, 1.82) is 0 Å². The van der Waals surface area contributed by atoms with Gasteiger partial charge in [-0.3, -0.25) is 19.7 Å². The number of hydrogen-bond acceptors (Lipinski definition) is 6. The number of nitro benzene ring substituents is 1. The molecule has 1 N–H and O–H groups in total. The number of furan rings is 1. The van der Waals surface area contributed by atoms with E-state index in [4.69, 9.17) is 16.0 Å². The Labute approximate surface area is 213 Å². The summed E-state index contributed by atoms with van der Waals surface area (Å²) in [5.74, 6) is 0.443. The van der Waals surface area contributed by atoms with Gasteiger partial charge in [0.1, 0.15) is 11.5 Å². The second kappa shape index (κ2) is 11.1. The highest BCUT2D eigenvalue weighted by molar-refractivity contribution is 6.34. The fourth-order valence-electron chi connectivity index (χ4n) is 4.10. The number of para-hydroxylation sites is 2. The molecule has 0 unspecified atom stereocenters. The minimum atomic E-state index is -0.467. The van der Waals surface area contributed by atoms with Gasteiger partial charge < -0.3 is 19.5 Å². The molecule has 0 atom stereocenters. The van der Waals surface area contributed by atoms with Gasteiger partial charge in [0.2, 0.25) is 11.8 Å². The Morgan fingerprint density at radius 2 is 1.83 bits per heavy atom. The molecule has 1 aliphatic rings. The number of nitro groups is 1. The maximum Gasteiger partial charge on any atom is 0.280 e. The molecule has 1 saturated heterocycles. The average molecular weight is 509 g/mol. The van der Waals surface area contributed by atoms with Crippen molar-refractivity contribution in [3.63, 3.8) is 0 Å². The predicted octanol–water partition coefficient (Wildman–Crippen LogP) is 5.22. The lowest BCUT2D eigenvalue weighted by atomic mass is 10.1. The average Bonchev–Trinajstić information content (AvgIpc) is 3.36. The Morgan fingerprint density at radius 3 is 2.56 bits per heavy atom. The van der Waals surface area contributed by atoms with E-state index in [0.29, 0.717) is 66.1 Å². The van der Waals surface area contributed by atoms with Crippen molar-refractivity contribution in [2.75, 3.05) is 36.4 Å². The van der Waals surface area contributed by atoms with Gasteiger partial charge >= 0.3 is 0 Å². The van der Waals surface area contributed by atoms with Gasteiger partial charge in [0, 0.05) is 44.7 Å². The van der Waals surface area contributed by atoms with Crippen LogP contribution in [0.2, 0.25) is 5.02 Å². The minimum absolute atomic E-state index is 0.0616. The third-order valence-electron chi connectivity index (χ3n) is 5.89. The molecule has 2 aromatic carbocycles. The summed E-state index contributed by atoms with van der Waals surface area (Å²) >= 11 is 6.49. The molecule has 2 amide bonds. The van der Waals surface area contributed by atoms with Crippen LogP contribution in [0.15, 0.2) is 65.1 Å². The van der Waals surface area contributed by atoms with E-state index in [1.807, 2.05) is 11.8 Å². The molecule has 9 nitrogen and oxygen atoms in total. The molecule has 1 aliphatic heterocycles. The van der Waals surface area contributed by atoms with Crippen molar-refractivity contribution in [2.45, 2.75) is 13.3 Å². The van der Waals surface area contributed by atoms with Crippen molar-refractivity contribution in [2.24, 2.45) is 0 Å². The number of anilines is 2. The zero-order valence-electron chi connectivity index (χ0n) is 19.6. The Bertz CT molecular complexity index is 1310. The number of piperazine rings is 1. The molecule has 0 saturated carbocycles. The molecule has 0 radical (unpaired) electrons. The fraction of sp³-hybridized carbons (Fsp3) is 0.231. The van der Waals surface area contributed by atoms with Crippen LogP contribution in [0.4, 0.5) is 17.1 Å². The molecular weight excluding hydrogens is 484 g/mol. The highest BCUT2D eigenvalue weighted by Gasteiger charge is 2.24. The molecule has 1 aromatic heterocycles. The monoisotopic (exact) mass is 508 g/mol. The molecule has 10 heteroatoms. The largest absolute Gasteiger partial charge is 0.456 e. The summed E-state index contributed by atoms with van der Waals surface area (Å²) in [6.07, 6.45) is 3.29. The van der Waals surface area contributed by atoms with Gasteiger partial charge in [0.05, 0.1) is 26.9 Å². The number of hydrogen-bond donors (Lipinski definition) is 1. The first-order valence-corrected chi connectivity index (χ1v) is 11.9. The second-order valence-electron chi connectivity index (χ2n) is 8.16. The number of nitrogens with one attached hydrogen (secondary N) is 1. The Hall–Kier alpha value is -4.11. The summed E-state index contributed by atoms with van der Waals surface area (Å²) in [4.78, 5) is 39.4. The van der Waals surface area contributed by atoms with Gasteiger partial charge in [-0.15, -0.1) is 0 Å². The predicted molar refractivity (Wildman–Crippen MR) is 139 cm³/mol. The van der Waals surface area contributed by atoms with Crippen molar-refractivity contribution in [3.8, 4) is 11.3 Å². The van der Waals surface area contributed by atoms with Gasteiger partial charge in [-0.25, -0.2) is 0 Å².